The van der Waals surface area contributed by atoms with Crippen LogP contribution in [0.1, 0.15) is 51.7 Å². The minimum atomic E-state index is -3.51. The number of benzene rings is 2. The monoisotopic (exact) mass is 649 g/mol. The van der Waals surface area contributed by atoms with Crippen molar-refractivity contribution in [3.63, 3.8) is 0 Å². The summed E-state index contributed by atoms with van der Waals surface area (Å²) in [6.45, 7) is 16.0. The molecule has 1 aromatic heterocycles. The Kier molecular flexibility index (Phi) is 9.58. The average molecular weight is 650 g/mol. The van der Waals surface area contributed by atoms with E-state index in [0.29, 0.717) is 23.5 Å². The first-order valence-corrected chi connectivity index (χ1v) is 18.0. The molecule has 2 fully saturated rings. The summed E-state index contributed by atoms with van der Waals surface area (Å²) in [6, 6.07) is 11.9. The first-order valence-electron chi connectivity index (χ1n) is 16.5. The van der Waals surface area contributed by atoms with Crippen LogP contribution in [0.25, 0.3) is 0 Å². The lowest BCUT2D eigenvalue weighted by Crippen LogP contribution is -2.49. The molecule has 0 unspecified atom stereocenters. The van der Waals surface area contributed by atoms with Crippen molar-refractivity contribution >= 4 is 44.5 Å². The quantitative estimate of drug-likeness (QED) is 0.258. The summed E-state index contributed by atoms with van der Waals surface area (Å²) in [7, 11) is -3.51. The number of aryl methyl sites for hydroxylation is 1. The number of nitrogens with zero attached hydrogens (tertiary/aromatic N) is 4. The second-order valence-corrected chi connectivity index (χ2v) is 15.4. The predicted molar refractivity (Wildman–Crippen MR) is 184 cm³/mol. The SMILES string of the molecule is Cc1cc(Nc2nc3c(c(Nc4ccccc4S(=O)(=O)C(C)C)n2)CCN3)c(OC(C)C)cc1N1CCC(N2CCOCC2)CC1. The Balaban J connectivity index is 1.27. The molecule has 0 atom stereocenters. The fourth-order valence-electron chi connectivity index (χ4n) is 6.53. The molecular weight excluding hydrogens is 602 g/mol. The number of rotatable bonds is 10. The normalized spacial score (nSPS) is 17.7. The Bertz CT molecular complexity index is 1650. The van der Waals surface area contributed by atoms with Crippen molar-refractivity contribution in [1.29, 1.82) is 0 Å². The largest absolute Gasteiger partial charge is 0.489 e. The number of sulfone groups is 1. The van der Waals surface area contributed by atoms with Gasteiger partial charge in [-0.3, -0.25) is 4.90 Å². The molecule has 0 aliphatic carbocycles. The zero-order chi connectivity index (χ0) is 32.4. The van der Waals surface area contributed by atoms with Crippen molar-refractivity contribution in [2.75, 3.05) is 66.8 Å². The number of ether oxygens (including phenoxy) is 2. The second-order valence-electron chi connectivity index (χ2n) is 12.9. The number of aromatic nitrogens is 2. The minimum Gasteiger partial charge on any atom is -0.489 e. The van der Waals surface area contributed by atoms with Crippen LogP contribution in [0.15, 0.2) is 41.3 Å². The number of piperidine rings is 1. The Morgan fingerprint density at radius 2 is 1.72 bits per heavy atom. The van der Waals surface area contributed by atoms with Crippen molar-refractivity contribution in [1.82, 2.24) is 14.9 Å². The molecule has 4 heterocycles. The predicted octanol–water partition coefficient (Wildman–Crippen LogP) is 5.51. The molecular formula is C34H47N7O4S. The third-order valence-electron chi connectivity index (χ3n) is 9.02. The number of hydrogen-bond donors (Lipinski definition) is 3. The lowest BCUT2D eigenvalue weighted by atomic mass is 10.0. The molecule has 12 heteroatoms. The van der Waals surface area contributed by atoms with Crippen molar-refractivity contribution < 1.29 is 17.9 Å². The molecule has 0 radical (unpaired) electrons. The van der Waals surface area contributed by atoms with Crippen LogP contribution in [-0.2, 0) is 21.0 Å². The fourth-order valence-corrected chi connectivity index (χ4v) is 7.74. The van der Waals surface area contributed by atoms with Gasteiger partial charge < -0.3 is 30.3 Å². The van der Waals surface area contributed by atoms with E-state index in [1.807, 2.05) is 19.9 Å². The fraction of sp³-hybridized carbons (Fsp3) is 0.529. The Hall–Kier alpha value is -3.61. The molecule has 0 amide bonds. The first kappa shape index (κ1) is 32.3. The van der Waals surface area contributed by atoms with Crippen LogP contribution < -0.4 is 25.6 Å². The van der Waals surface area contributed by atoms with Gasteiger partial charge in [0.15, 0.2) is 9.84 Å². The van der Waals surface area contributed by atoms with Crippen molar-refractivity contribution in [2.45, 2.75) is 76.2 Å². The van der Waals surface area contributed by atoms with Crippen molar-refractivity contribution in [3.05, 3.63) is 47.5 Å². The highest BCUT2D eigenvalue weighted by molar-refractivity contribution is 7.92. The van der Waals surface area contributed by atoms with Gasteiger partial charge >= 0.3 is 0 Å². The lowest BCUT2D eigenvalue weighted by molar-refractivity contribution is 0.0115. The van der Waals surface area contributed by atoms with Gasteiger partial charge in [-0.1, -0.05) is 12.1 Å². The molecule has 248 valence electrons. The molecule has 3 aliphatic heterocycles. The zero-order valence-corrected chi connectivity index (χ0v) is 28.4. The smallest absolute Gasteiger partial charge is 0.231 e. The third-order valence-corrected chi connectivity index (χ3v) is 11.2. The van der Waals surface area contributed by atoms with Gasteiger partial charge in [-0.05, 0) is 77.6 Å². The van der Waals surface area contributed by atoms with Crippen molar-refractivity contribution in [3.8, 4) is 5.75 Å². The summed E-state index contributed by atoms with van der Waals surface area (Å²) in [5, 5.41) is 9.58. The molecule has 3 aromatic rings. The summed E-state index contributed by atoms with van der Waals surface area (Å²) >= 11 is 0. The molecule has 11 nitrogen and oxygen atoms in total. The summed E-state index contributed by atoms with van der Waals surface area (Å²) in [4.78, 5) is 15.0. The standard InChI is InChI=1S/C34H47N7O4S/c1-22(2)45-30-21-29(41-14-11-25(12-15-41)40-16-18-44-19-17-40)24(5)20-28(30)37-34-38-32-26(10-13-35-32)33(39-34)36-27-8-6-7-9-31(27)46(42,43)23(3)4/h6-9,20-23,25H,10-19H2,1-5H3,(H3,35,36,37,38,39). The highest BCUT2D eigenvalue weighted by atomic mass is 32.2. The van der Waals surface area contributed by atoms with Gasteiger partial charge in [-0.15, -0.1) is 0 Å². The van der Waals surface area contributed by atoms with E-state index >= 15 is 0 Å². The van der Waals surface area contributed by atoms with Gasteiger partial charge in [-0.2, -0.15) is 9.97 Å². The van der Waals surface area contributed by atoms with E-state index in [2.05, 4.69) is 44.8 Å². The number of nitrogens with one attached hydrogen (secondary N) is 3. The van der Waals surface area contributed by atoms with Crippen LogP contribution in [0.5, 0.6) is 5.75 Å². The lowest BCUT2D eigenvalue weighted by Gasteiger charge is -2.41. The molecule has 3 N–H and O–H groups in total. The van der Waals surface area contributed by atoms with E-state index in [-0.39, 0.29) is 11.0 Å². The second kappa shape index (κ2) is 13.6. The minimum absolute atomic E-state index is 0.0256. The topological polar surface area (TPSA) is 121 Å². The molecule has 2 saturated heterocycles. The summed E-state index contributed by atoms with van der Waals surface area (Å²) < 4.78 is 38.2. The number of hydrogen-bond acceptors (Lipinski definition) is 11. The van der Waals surface area contributed by atoms with E-state index in [9.17, 15) is 8.42 Å². The van der Waals surface area contributed by atoms with Crippen LogP contribution >= 0.6 is 0 Å². The summed E-state index contributed by atoms with van der Waals surface area (Å²) in [5.74, 6) is 2.44. The van der Waals surface area contributed by atoms with Gasteiger partial charge in [0.25, 0.3) is 0 Å². The molecule has 2 aromatic carbocycles. The van der Waals surface area contributed by atoms with Gasteiger partial charge in [0.05, 0.1) is 40.8 Å². The van der Waals surface area contributed by atoms with E-state index in [4.69, 9.17) is 19.4 Å². The Labute approximate surface area is 273 Å². The van der Waals surface area contributed by atoms with E-state index in [1.54, 1.807) is 32.0 Å². The summed E-state index contributed by atoms with van der Waals surface area (Å²) in [6.07, 6.45) is 2.97. The highest BCUT2D eigenvalue weighted by Crippen LogP contribution is 2.38. The average Bonchev–Trinajstić information content (AvgIpc) is 3.52. The van der Waals surface area contributed by atoms with Crippen LogP contribution in [0.4, 0.5) is 34.6 Å². The molecule has 46 heavy (non-hydrogen) atoms. The Morgan fingerprint density at radius 1 is 0.978 bits per heavy atom. The Morgan fingerprint density at radius 3 is 2.43 bits per heavy atom. The molecule has 0 bridgehead atoms. The maximum Gasteiger partial charge on any atom is 0.231 e. The number of fused-ring (bicyclic) bond motifs is 1. The maximum absolute atomic E-state index is 13.2. The van der Waals surface area contributed by atoms with Crippen LogP contribution in [-0.4, -0.2) is 86.6 Å². The molecule has 6 rings (SSSR count). The highest BCUT2D eigenvalue weighted by Gasteiger charge is 2.28. The summed E-state index contributed by atoms with van der Waals surface area (Å²) in [5.41, 5.74) is 4.53. The van der Waals surface area contributed by atoms with Crippen LogP contribution in [0.3, 0.4) is 0 Å². The number of anilines is 6. The molecule has 0 saturated carbocycles. The number of morpholine rings is 1. The molecule has 0 spiro atoms. The van der Waals surface area contributed by atoms with Crippen molar-refractivity contribution in [2.24, 2.45) is 0 Å². The van der Waals surface area contributed by atoms with Crippen LogP contribution in [0.2, 0.25) is 0 Å². The van der Waals surface area contributed by atoms with Gasteiger partial charge in [0.2, 0.25) is 5.95 Å². The third kappa shape index (κ3) is 6.89. The van der Waals surface area contributed by atoms with E-state index < -0.39 is 15.1 Å². The maximum atomic E-state index is 13.2. The molecule has 3 aliphatic rings. The number of para-hydroxylation sites is 1. The first-order chi connectivity index (χ1) is 22.1. The van der Waals surface area contributed by atoms with Gasteiger partial charge in [0, 0.05) is 56.1 Å². The van der Waals surface area contributed by atoms with Gasteiger partial charge in [0.1, 0.15) is 17.4 Å². The zero-order valence-electron chi connectivity index (χ0n) is 27.6. The van der Waals surface area contributed by atoms with Gasteiger partial charge in [-0.25, -0.2) is 8.42 Å². The van der Waals surface area contributed by atoms with Crippen LogP contribution in [0, 0.1) is 6.92 Å². The van der Waals surface area contributed by atoms with E-state index in [1.165, 1.54) is 5.69 Å². The van der Waals surface area contributed by atoms with E-state index in [0.717, 1.165) is 93.6 Å².